The molecule has 1 aromatic heterocycles. The predicted octanol–water partition coefficient (Wildman–Crippen LogP) is 6.09. The van der Waals surface area contributed by atoms with Gasteiger partial charge in [0, 0.05) is 5.39 Å². The van der Waals surface area contributed by atoms with Crippen molar-refractivity contribution in [3.63, 3.8) is 0 Å². The van der Waals surface area contributed by atoms with Gasteiger partial charge in [-0.1, -0.05) is 13.8 Å². The van der Waals surface area contributed by atoms with Crippen LogP contribution in [0.4, 0.5) is 4.39 Å². The number of aryl methyl sites for hydroxylation is 1. The number of hydrogen-bond donors (Lipinski definition) is 1. The highest BCUT2D eigenvalue weighted by Gasteiger charge is 2.49. The lowest BCUT2D eigenvalue weighted by atomic mass is 9.56. The molecule has 0 bridgehead atoms. The van der Waals surface area contributed by atoms with Crippen LogP contribution in [0, 0.1) is 11.7 Å². The number of rotatable bonds is 3. The van der Waals surface area contributed by atoms with E-state index in [1.54, 1.807) is 12.1 Å². The van der Waals surface area contributed by atoms with Crippen LogP contribution >= 0.6 is 0 Å². The van der Waals surface area contributed by atoms with E-state index in [9.17, 15) is 9.50 Å². The fraction of sp³-hybridized carbons (Fsp3) is 0.500. The van der Waals surface area contributed by atoms with Crippen molar-refractivity contribution in [2.45, 2.75) is 76.2 Å². The van der Waals surface area contributed by atoms with Crippen LogP contribution in [0.15, 0.2) is 42.6 Å². The second-order valence-electron chi connectivity index (χ2n) is 9.48. The van der Waals surface area contributed by atoms with Crippen LogP contribution in [0.5, 0.6) is 0 Å². The summed E-state index contributed by atoms with van der Waals surface area (Å²) in [4.78, 5) is 0. The average Bonchev–Trinajstić information content (AvgIpc) is 3.10. The minimum absolute atomic E-state index is 0.152. The Morgan fingerprint density at radius 1 is 1.13 bits per heavy atom. The van der Waals surface area contributed by atoms with E-state index in [4.69, 9.17) is 0 Å². The molecule has 4 heteroatoms. The van der Waals surface area contributed by atoms with Gasteiger partial charge in [-0.05, 0) is 110 Å². The Kier molecular flexibility index (Phi) is 4.73. The van der Waals surface area contributed by atoms with E-state index in [0.717, 1.165) is 61.5 Å². The first-order chi connectivity index (χ1) is 14.5. The molecule has 0 saturated heterocycles. The summed E-state index contributed by atoms with van der Waals surface area (Å²) in [6.07, 6.45) is 10.2. The highest BCUT2D eigenvalue weighted by Crippen LogP contribution is 2.54. The lowest BCUT2D eigenvalue weighted by molar-refractivity contribution is -0.0505. The fourth-order valence-corrected chi connectivity index (χ4v) is 6.24. The molecule has 5 rings (SSSR count). The number of benzene rings is 2. The largest absolute Gasteiger partial charge is 0.390 e. The van der Waals surface area contributed by atoms with E-state index in [2.05, 4.69) is 31.1 Å². The van der Waals surface area contributed by atoms with Gasteiger partial charge in [-0.3, -0.25) is 0 Å². The number of aromatic nitrogens is 2. The molecule has 1 N–H and O–H groups in total. The van der Waals surface area contributed by atoms with E-state index in [1.807, 2.05) is 10.9 Å². The lowest BCUT2D eigenvalue weighted by Gasteiger charge is -2.50. The fourth-order valence-electron chi connectivity index (χ4n) is 6.24. The molecule has 0 spiro atoms. The number of halogens is 1. The van der Waals surface area contributed by atoms with Gasteiger partial charge in [-0.25, -0.2) is 9.07 Å². The monoisotopic (exact) mass is 406 g/mol. The van der Waals surface area contributed by atoms with Gasteiger partial charge in [0.25, 0.3) is 0 Å². The first-order valence-electron chi connectivity index (χ1n) is 11.5. The second-order valence-corrected chi connectivity index (χ2v) is 9.48. The zero-order valence-corrected chi connectivity index (χ0v) is 18.0. The Balaban J connectivity index is 1.63. The van der Waals surface area contributed by atoms with Crippen molar-refractivity contribution in [2.24, 2.45) is 5.92 Å². The van der Waals surface area contributed by atoms with Gasteiger partial charge in [-0.15, -0.1) is 0 Å². The topological polar surface area (TPSA) is 38.1 Å². The van der Waals surface area contributed by atoms with Gasteiger partial charge >= 0.3 is 0 Å². The first kappa shape index (κ1) is 19.7. The van der Waals surface area contributed by atoms with Gasteiger partial charge in [0.1, 0.15) is 5.82 Å². The standard InChI is InChI=1S/C26H31FN2O/c1-3-25(30)12-13-26(4-2)20(16-25)7-5-6-18-15-24-19(14-23(18)26)17-28-29(24)22-10-8-21(27)9-11-22/h8-11,14-15,17,20,30H,3-7,12-13,16H2,1-2H3. The Labute approximate surface area is 177 Å². The molecule has 1 fully saturated rings. The Hall–Kier alpha value is -2.20. The smallest absolute Gasteiger partial charge is 0.123 e. The van der Waals surface area contributed by atoms with Crippen LogP contribution in [0.2, 0.25) is 0 Å². The molecular formula is C26H31FN2O. The van der Waals surface area contributed by atoms with Crippen LogP contribution in [0.1, 0.15) is 69.9 Å². The molecule has 0 amide bonds. The second kappa shape index (κ2) is 7.19. The van der Waals surface area contributed by atoms with Gasteiger partial charge in [0.15, 0.2) is 0 Å². The summed E-state index contributed by atoms with van der Waals surface area (Å²) >= 11 is 0. The number of fused-ring (bicyclic) bond motifs is 4. The summed E-state index contributed by atoms with van der Waals surface area (Å²) in [5.41, 5.74) is 4.54. The summed E-state index contributed by atoms with van der Waals surface area (Å²) in [5.74, 6) is 0.302. The van der Waals surface area contributed by atoms with Gasteiger partial charge < -0.3 is 5.11 Å². The van der Waals surface area contributed by atoms with Crippen molar-refractivity contribution in [1.82, 2.24) is 9.78 Å². The Morgan fingerprint density at radius 3 is 2.67 bits per heavy atom. The van der Waals surface area contributed by atoms with Crippen LogP contribution in [0.3, 0.4) is 0 Å². The molecule has 3 nitrogen and oxygen atoms in total. The number of hydrogen-bond acceptors (Lipinski definition) is 2. The highest BCUT2D eigenvalue weighted by atomic mass is 19.1. The maximum absolute atomic E-state index is 13.4. The summed E-state index contributed by atoms with van der Waals surface area (Å²) in [6, 6.07) is 11.2. The van der Waals surface area contributed by atoms with Crippen LogP contribution in [0.25, 0.3) is 16.6 Å². The highest BCUT2D eigenvalue weighted by molar-refractivity contribution is 5.82. The molecule has 158 valence electrons. The van der Waals surface area contributed by atoms with Crippen molar-refractivity contribution in [2.75, 3.05) is 0 Å². The molecule has 3 unspecified atom stereocenters. The van der Waals surface area contributed by atoms with Crippen molar-refractivity contribution >= 4 is 10.9 Å². The van der Waals surface area contributed by atoms with E-state index < -0.39 is 5.60 Å². The molecule has 1 heterocycles. The molecule has 2 aliphatic rings. The summed E-state index contributed by atoms with van der Waals surface area (Å²) < 4.78 is 15.3. The van der Waals surface area contributed by atoms with Crippen molar-refractivity contribution in [1.29, 1.82) is 0 Å². The third-order valence-corrected chi connectivity index (χ3v) is 8.13. The number of aliphatic hydroxyl groups is 1. The van der Waals surface area contributed by atoms with Crippen LogP contribution in [-0.4, -0.2) is 20.5 Å². The summed E-state index contributed by atoms with van der Waals surface area (Å²) in [5, 5.41) is 16.8. The van der Waals surface area contributed by atoms with Gasteiger partial charge in [0.2, 0.25) is 0 Å². The normalized spacial score (nSPS) is 28.7. The van der Waals surface area contributed by atoms with Crippen molar-refractivity contribution in [3.8, 4) is 5.69 Å². The molecule has 2 aromatic carbocycles. The summed E-state index contributed by atoms with van der Waals surface area (Å²) in [7, 11) is 0. The van der Waals surface area contributed by atoms with E-state index in [-0.39, 0.29) is 11.2 Å². The molecule has 2 aliphatic carbocycles. The van der Waals surface area contributed by atoms with Crippen molar-refractivity contribution < 1.29 is 9.50 Å². The van der Waals surface area contributed by atoms with Crippen LogP contribution in [-0.2, 0) is 11.8 Å². The molecule has 3 aromatic rings. The van der Waals surface area contributed by atoms with E-state index >= 15 is 0 Å². The zero-order chi connectivity index (χ0) is 20.9. The summed E-state index contributed by atoms with van der Waals surface area (Å²) in [6.45, 7) is 4.45. The molecule has 3 atom stereocenters. The molecule has 0 radical (unpaired) electrons. The Morgan fingerprint density at radius 2 is 1.93 bits per heavy atom. The molecule has 1 saturated carbocycles. The lowest BCUT2D eigenvalue weighted by Crippen LogP contribution is -2.47. The maximum Gasteiger partial charge on any atom is 0.123 e. The predicted molar refractivity (Wildman–Crippen MR) is 119 cm³/mol. The minimum Gasteiger partial charge on any atom is -0.390 e. The van der Waals surface area contributed by atoms with Gasteiger partial charge in [0.05, 0.1) is 23.0 Å². The molecular weight excluding hydrogens is 375 g/mol. The van der Waals surface area contributed by atoms with Crippen LogP contribution < -0.4 is 0 Å². The average molecular weight is 407 g/mol. The maximum atomic E-state index is 13.4. The van der Waals surface area contributed by atoms with Gasteiger partial charge in [-0.2, -0.15) is 5.10 Å². The first-order valence-corrected chi connectivity index (χ1v) is 11.5. The Bertz CT molecular complexity index is 1070. The minimum atomic E-state index is -0.495. The SMILES string of the molecule is CCC1(O)CCC2(CC)c3cc4cnn(-c5ccc(F)cc5)c4cc3CCCC2C1. The number of nitrogens with zero attached hydrogens (tertiary/aromatic N) is 2. The van der Waals surface area contributed by atoms with E-state index in [0.29, 0.717) is 5.92 Å². The zero-order valence-electron chi connectivity index (χ0n) is 18.0. The molecule has 0 aliphatic heterocycles. The quantitative estimate of drug-likeness (QED) is 0.571. The third kappa shape index (κ3) is 2.99. The molecule has 30 heavy (non-hydrogen) atoms. The third-order valence-electron chi connectivity index (χ3n) is 8.13. The van der Waals surface area contributed by atoms with E-state index in [1.165, 1.54) is 29.7 Å². The van der Waals surface area contributed by atoms with Crippen molar-refractivity contribution in [3.05, 3.63) is 59.5 Å².